The molecule has 2 aliphatic rings. The second kappa shape index (κ2) is 11.0. The van der Waals surface area contributed by atoms with Crippen molar-refractivity contribution in [3.63, 3.8) is 0 Å². The fraction of sp³-hybridized carbons (Fsp3) is 0.433. The van der Waals surface area contributed by atoms with Crippen molar-refractivity contribution in [2.45, 2.75) is 68.9 Å². The third kappa shape index (κ3) is 5.68. The topological polar surface area (TPSA) is 129 Å². The van der Waals surface area contributed by atoms with E-state index in [2.05, 4.69) is 22.4 Å². The Balaban J connectivity index is 0.00000353. The van der Waals surface area contributed by atoms with Gasteiger partial charge in [-0.25, -0.2) is 0 Å². The molecule has 5 rings (SSSR count). The van der Waals surface area contributed by atoms with Crippen molar-refractivity contribution in [1.82, 2.24) is 15.2 Å². The van der Waals surface area contributed by atoms with Crippen LogP contribution in [-0.2, 0) is 26.2 Å². The lowest BCUT2D eigenvalue weighted by atomic mass is 9.73. The predicted molar refractivity (Wildman–Crippen MR) is 153 cm³/mol. The molecule has 1 aliphatic carbocycles. The van der Waals surface area contributed by atoms with Crippen molar-refractivity contribution in [1.29, 1.82) is 0 Å². The van der Waals surface area contributed by atoms with Gasteiger partial charge in [-0.15, -0.1) is 12.4 Å². The van der Waals surface area contributed by atoms with Crippen molar-refractivity contribution >= 4 is 41.1 Å². The molecule has 1 spiro atoms. The summed E-state index contributed by atoms with van der Waals surface area (Å²) in [6.07, 6.45) is 4.69. The Bertz CT molecular complexity index is 1370. The Morgan fingerprint density at radius 3 is 2.49 bits per heavy atom. The number of hydrogen-bond donors (Lipinski definition) is 4. The molecule has 0 saturated carbocycles. The molecule has 1 aromatic heterocycles. The number of carboxylic acid groups (broad SMARTS) is 1. The molecule has 5 N–H and O–H groups in total. The van der Waals surface area contributed by atoms with Crippen molar-refractivity contribution in [2.24, 2.45) is 5.73 Å². The summed E-state index contributed by atoms with van der Waals surface area (Å²) in [5.41, 5.74) is 9.12. The summed E-state index contributed by atoms with van der Waals surface area (Å²) < 4.78 is 0. The van der Waals surface area contributed by atoms with Crippen LogP contribution in [0.3, 0.4) is 0 Å². The molecule has 1 saturated heterocycles. The number of fused-ring (bicyclic) bond motifs is 3. The molecule has 3 aromatic rings. The number of para-hydroxylation sites is 1. The number of hydrogen-bond acceptors (Lipinski definition) is 4. The number of nitrogens with zero attached hydrogens (tertiary/aromatic N) is 1. The number of aromatic nitrogens is 1. The highest BCUT2D eigenvalue weighted by molar-refractivity contribution is 5.92. The van der Waals surface area contributed by atoms with Crippen molar-refractivity contribution < 1.29 is 19.5 Å². The number of likely N-dealkylation sites (tertiary alicyclic amines) is 1. The number of benzene rings is 2. The maximum absolute atomic E-state index is 13.9. The molecule has 0 bridgehead atoms. The van der Waals surface area contributed by atoms with E-state index in [-0.39, 0.29) is 42.0 Å². The average Bonchev–Trinajstić information content (AvgIpc) is 3.42. The van der Waals surface area contributed by atoms with E-state index in [4.69, 9.17) is 5.73 Å². The summed E-state index contributed by atoms with van der Waals surface area (Å²) >= 11 is 0. The molecule has 1 fully saturated rings. The Morgan fingerprint density at radius 1 is 1.13 bits per heavy atom. The number of nitrogens with one attached hydrogen (secondary N) is 2. The smallest absolute Gasteiger partial charge is 0.303 e. The number of carbonyl (C=O) groups excluding carboxylic acids is 2. The number of rotatable bonds is 7. The SMILES string of the molecule is CC(C)(N)C(=O)N[C@H](Cc1c[nH]c2ccccc12)C(=O)N1CCC2(CC1)CC(CC(=O)O)c1ccccc12.Cl. The van der Waals surface area contributed by atoms with E-state index in [0.717, 1.165) is 41.3 Å². The van der Waals surface area contributed by atoms with Crippen LogP contribution in [0, 0.1) is 0 Å². The minimum absolute atomic E-state index is 0. The number of halogens is 1. The number of carbonyl (C=O) groups is 3. The molecule has 0 radical (unpaired) electrons. The normalized spacial score (nSPS) is 18.8. The monoisotopic (exact) mass is 552 g/mol. The first-order valence-corrected chi connectivity index (χ1v) is 13.3. The fourth-order valence-electron chi connectivity index (χ4n) is 6.33. The largest absolute Gasteiger partial charge is 0.481 e. The van der Waals surface area contributed by atoms with E-state index in [1.165, 1.54) is 5.56 Å². The number of aromatic amines is 1. The molecule has 208 valence electrons. The maximum Gasteiger partial charge on any atom is 0.303 e. The first-order valence-electron chi connectivity index (χ1n) is 13.3. The zero-order valence-corrected chi connectivity index (χ0v) is 23.2. The molecule has 8 nitrogen and oxygen atoms in total. The number of amides is 2. The zero-order valence-electron chi connectivity index (χ0n) is 22.4. The lowest BCUT2D eigenvalue weighted by molar-refractivity contribution is -0.138. The number of nitrogens with two attached hydrogens (primary N) is 1. The van der Waals surface area contributed by atoms with Crippen LogP contribution in [0.5, 0.6) is 0 Å². The quantitative estimate of drug-likeness (QED) is 0.353. The first kappa shape index (κ1) is 28.6. The van der Waals surface area contributed by atoms with Gasteiger partial charge in [0, 0.05) is 36.6 Å². The van der Waals surface area contributed by atoms with Crippen molar-refractivity contribution in [3.8, 4) is 0 Å². The van der Waals surface area contributed by atoms with E-state index in [1.807, 2.05) is 47.5 Å². The highest BCUT2D eigenvalue weighted by Gasteiger charge is 2.46. The maximum atomic E-state index is 13.9. The van der Waals surface area contributed by atoms with E-state index >= 15 is 0 Å². The fourth-order valence-corrected chi connectivity index (χ4v) is 6.33. The summed E-state index contributed by atoms with van der Waals surface area (Å²) in [6, 6.07) is 15.3. The van der Waals surface area contributed by atoms with Gasteiger partial charge >= 0.3 is 5.97 Å². The molecule has 2 heterocycles. The highest BCUT2D eigenvalue weighted by atomic mass is 35.5. The van der Waals surface area contributed by atoms with Crippen LogP contribution in [0.15, 0.2) is 54.7 Å². The van der Waals surface area contributed by atoms with Crippen molar-refractivity contribution in [2.75, 3.05) is 13.1 Å². The molecule has 9 heteroatoms. The third-order valence-electron chi connectivity index (χ3n) is 8.35. The molecular weight excluding hydrogens is 516 g/mol. The Kier molecular flexibility index (Phi) is 8.09. The Labute approximate surface area is 234 Å². The van der Waals surface area contributed by atoms with Gasteiger partial charge < -0.3 is 26.0 Å². The molecular formula is C30H37ClN4O4. The lowest BCUT2D eigenvalue weighted by Crippen LogP contribution is -2.58. The minimum atomic E-state index is -1.11. The van der Waals surface area contributed by atoms with Gasteiger partial charge in [-0.05, 0) is 67.2 Å². The van der Waals surface area contributed by atoms with Crippen LogP contribution >= 0.6 is 12.4 Å². The van der Waals surface area contributed by atoms with Crippen LogP contribution in [0.4, 0.5) is 0 Å². The van der Waals surface area contributed by atoms with E-state index in [1.54, 1.807) is 13.8 Å². The summed E-state index contributed by atoms with van der Waals surface area (Å²) in [6.45, 7) is 4.37. The summed E-state index contributed by atoms with van der Waals surface area (Å²) in [4.78, 5) is 43.3. The standard InChI is InChI=1S/C30H36N4O4.ClH/c1-29(2,31)28(38)33-25(15-20-18-32-24-10-6-4-8-22(20)24)27(37)34-13-11-30(12-14-34)17-19(16-26(35)36)21-7-3-5-9-23(21)30;/h3-10,18-19,25,32H,11-17,31H2,1-2H3,(H,33,38)(H,35,36);1H/t19?,25-;/m1./s1. The van der Waals surface area contributed by atoms with Crippen LogP contribution in [0.25, 0.3) is 10.9 Å². The molecule has 2 aromatic carbocycles. The van der Waals surface area contributed by atoms with Gasteiger partial charge in [0.05, 0.1) is 12.0 Å². The van der Waals surface area contributed by atoms with Gasteiger partial charge in [0.25, 0.3) is 0 Å². The van der Waals surface area contributed by atoms with Gasteiger partial charge in [-0.2, -0.15) is 0 Å². The highest BCUT2D eigenvalue weighted by Crippen LogP contribution is 2.52. The molecule has 1 unspecified atom stereocenters. The molecule has 39 heavy (non-hydrogen) atoms. The van der Waals surface area contributed by atoms with Gasteiger partial charge in [-0.1, -0.05) is 42.5 Å². The summed E-state index contributed by atoms with van der Waals surface area (Å²) in [7, 11) is 0. The molecule has 2 amide bonds. The van der Waals surface area contributed by atoms with Gasteiger partial charge in [0.15, 0.2) is 0 Å². The number of H-pyrrole nitrogens is 1. The van der Waals surface area contributed by atoms with E-state index < -0.39 is 17.6 Å². The van der Waals surface area contributed by atoms with E-state index in [9.17, 15) is 19.5 Å². The van der Waals surface area contributed by atoms with Gasteiger partial charge in [0.1, 0.15) is 6.04 Å². The molecule has 1 aliphatic heterocycles. The Hall–Kier alpha value is -3.36. The summed E-state index contributed by atoms with van der Waals surface area (Å²) in [5.74, 6) is -1.28. The predicted octanol–water partition coefficient (Wildman–Crippen LogP) is 3.88. The van der Waals surface area contributed by atoms with Crippen LogP contribution in [0.1, 0.15) is 62.1 Å². The van der Waals surface area contributed by atoms with Crippen LogP contribution in [0.2, 0.25) is 0 Å². The second-order valence-electron chi connectivity index (χ2n) is 11.5. The average molecular weight is 553 g/mol. The lowest BCUT2D eigenvalue weighted by Gasteiger charge is -2.41. The van der Waals surface area contributed by atoms with Crippen LogP contribution < -0.4 is 11.1 Å². The van der Waals surface area contributed by atoms with Crippen LogP contribution in [-0.4, -0.2) is 57.4 Å². The summed E-state index contributed by atoms with van der Waals surface area (Å²) in [5, 5.41) is 13.4. The Morgan fingerprint density at radius 2 is 1.79 bits per heavy atom. The number of aliphatic carboxylic acids is 1. The second-order valence-corrected chi connectivity index (χ2v) is 11.5. The zero-order chi connectivity index (χ0) is 27.1. The first-order chi connectivity index (χ1) is 18.1. The number of piperidine rings is 1. The minimum Gasteiger partial charge on any atom is -0.481 e. The molecule has 2 atom stereocenters. The third-order valence-corrected chi connectivity index (χ3v) is 8.35. The van der Waals surface area contributed by atoms with Gasteiger partial charge in [-0.3, -0.25) is 14.4 Å². The van der Waals surface area contributed by atoms with Crippen molar-refractivity contribution in [3.05, 3.63) is 71.4 Å². The number of carboxylic acids is 1. The van der Waals surface area contributed by atoms with Gasteiger partial charge in [0.2, 0.25) is 11.8 Å². The van der Waals surface area contributed by atoms with E-state index in [0.29, 0.717) is 19.5 Å².